The van der Waals surface area contributed by atoms with Crippen LogP contribution in [-0.4, -0.2) is 56.7 Å². The van der Waals surface area contributed by atoms with E-state index < -0.39 is 0 Å². The highest BCUT2D eigenvalue weighted by Crippen LogP contribution is 2.22. The van der Waals surface area contributed by atoms with Crippen LogP contribution in [-0.2, 0) is 0 Å². The lowest BCUT2D eigenvalue weighted by atomic mass is 10.0. The molecular weight excluding hydrogens is 324 g/mol. The number of hydrogen-bond acceptors (Lipinski definition) is 3. The minimum Gasteiger partial charge on any atom is -0.371 e. The molecule has 2 N–H and O–H groups in total. The highest BCUT2D eigenvalue weighted by Gasteiger charge is 2.23. The minimum atomic E-state index is -0.0184. The first-order valence-corrected chi connectivity index (χ1v) is 10.2. The van der Waals surface area contributed by atoms with E-state index >= 15 is 0 Å². The number of nitrogens with zero attached hydrogens (tertiary/aromatic N) is 2. The van der Waals surface area contributed by atoms with Crippen LogP contribution in [0.3, 0.4) is 0 Å². The maximum absolute atomic E-state index is 12.0. The summed E-state index contributed by atoms with van der Waals surface area (Å²) in [5, 5.41) is 6.06. The fraction of sp³-hybridized carbons (Fsp3) is 0.667. The first kappa shape index (κ1) is 19.0. The van der Waals surface area contributed by atoms with Crippen molar-refractivity contribution in [2.75, 3.05) is 50.7 Å². The number of carbonyl (C=O) groups is 1. The molecule has 5 nitrogen and oxygen atoms in total. The average Bonchev–Trinajstić information content (AvgIpc) is 3.13. The first-order chi connectivity index (χ1) is 12.7. The fourth-order valence-electron chi connectivity index (χ4n) is 4.17. The molecule has 0 saturated carbocycles. The number of nitrogens with one attached hydrogen (secondary N) is 2. The highest BCUT2D eigenvalue weighted by atomic mass is 16.2. The van der Waals surface area contributed by atoms with Gasteiger partial charge in [-0.3, -0.25) is 0 Å². The van der Waals surface area contributed by atoms with Gasteiger partial charge < -0.3 is 20.4 Å². The number of carbonyl (C=O) groups excluding carboxylic acids is 1. The molecule has 2 atom stereocenters. The number of likely N-dealkylation sites (tertiary alicyclic amines) is 1. The molecule has 0 radical (unpaired) electrons. The summed E-state index contributed by atoms with van der Waals surface area (Å²) in [5.41, 5.74) is 1.28. The van der Waals surface area contributed by atoms with Gasteiger partial charge in [0, 0.05) is 38.4 Å². The van der Waals surface area contributed by atoms with E-state index in [9.17, 15) is 4.79 Å². The van der Waals surface area contributed by atoms with Crippen LogP contribution in [0, 0.1) is 11.8 Å². The molecule has 144 valence electrons. The van der Waals surface area contributed by atoms with E-state index in [1.807, 2.05) is 0 Å². The summed E-state index contributed by atoms with van der Waals surface area (Å²) < 4.78 is 0. The molecule has 2 aliphatic rings. The van der Waals surface area contributed by atoms with Crippen molar-refractivity contribution >= 4 is 11.7 Å². The summed E-state index contributed by atoms with van der Waals surface area (Å²) in [5.74, 6) is 1.36. The standard InChI is InChI=1S/C21H34N4O/c1-18-7-5-12-24(16-18)13-6-11-22-21(26)23-15-19-10-14-25(17-19)20-8-3-2-4-9-20/h2-4,8-9,18-19H,5-7,10-17H2,1H3,(H2,22,23,26)/t18-,19-/m0/s1. The molecule has 1 aromatic rings. The lowest BCUT2D eigenvalue weighted by Gasteiger charge is -2.30. The zero-order valence-electron chi connectivity index (χ0n) is 16.1. The van der Waals surface area contributed by atoms with Gasteiger partial charge in [0.05, 0.1) is 0 Å². The van der Waals surface area contributed by atoms with E-state index in [4.69, 9.17) is 0 Å². The maximum atomic E-state index is 12.0. The van der Waals surface area contributed by atoms with E-state index in [-0.39, 0.29) is 6.03 Å². The predicted molar refractivity (Wildman–Crippen MR) is 108 cm³/mol. The predicted octanol–water partition coefficient (Wildman–Crippen LogP) is 2.93. The minimum absolute atomic E-state index is 0.0184. The van der Waals surface area contributed by atoms with Crippen molar-refractivity contribution in [2.45, 2.75) is 32.6 Å². The molecule has 1 aromatic carbocycles. The molecule has 3 rings (SSSR count). The van der Waals surface area contributed by atoms with Gasteiger partial charge in [0.25, 0.3) is 0 Å². The van der Waals surface area contributed by atoms with Gasteiger partial charge in [-0.1, -0.05) is 25.1 Å². The molecule has 2 aliphatic heterocycles. The SMILES string of the molecule is C[C@H]1CCCN(CCCNC(=O)NC[C@@H]2CCN(c3ccccc3)C2)C1. The Morgan fingerprint density at radius 1 is 1.12 bits per heavy atom. The van der Waals surface area contributed by atoms with Crippen molar-refractivity contribution in [3.63, 3.8) is 0 Å². The zero-order chi connectivity index (χ0) is 18.2. The van der Waals surface area contributed by atoms with Crippen LogP contribution in [0.15, 0.2) is 30.3 Å². The first-order valence-electron chi connectivity index (χ1n) is 10.2. The Labute approximate surface area is 158 Å². The Kier molecular flexibility index (Phi) is 7.18. The van der Waals surface area contributed by atoms with Crippen molar-refractivity contribution in [3.05, 3.63) is 30.3 Å². The molecule has 0 bridgehead atoms. The molecule has 2 heterocycles. The maximum Gasteiger partial charge on any atom is 0.314 e. The van der Waals surface area contributed by atoms with Crippen LogP contribution in [0.4, 0.5) is 10.5 Å². The smallest absolute Gasteiger partial charge is 0.314 e. The van der Waals surface area contributed by atoms with Crippen LogP contribution in [0.1, 0.15) is 32.6 Å². The second kappa shape index (κ2) is 9.81. The van der Waals surface area contributed by atoms with Crippen LogP contribution in [0.2, 0.25) is 0 Å². The summed E-state index contributed by atoms with van der Waals surface area (Å²) in [7, 11) is 0. The van der Waals surface area contributed by atoms with Crippen LogP contribution in [0.5, 0.6) is 0 Å². The van der Waals surface area contributed by atoms with Gasteiger partial charge in [-0.25, -0.2) is 4.79 Å². The second-order valence-corrected chi connectivity index (χ2v) is 7.97. The number of amides is 2. The third kappa shape index (κ3) is 5.90. The number of para-hydroxylation sites is 1. The Morgan fingerprint density at radius 2 is 1.96 bits per heavy atom. The largest absolute Gasteiger partial charge is 0.371 e. The molecule has 0 unspecified atom stereocenters. The average molecular weight is 359 g/mol. The topological polar surface area (TPSA) is 47.6 Å². The van der Waals surface area contributed by atoms with Gasteiger partial charge in [-0.15, -0.1) is 0 Å². The lowest BCUT2D eigenvalue weighted by molar-refractivity contribution is 0.181. The summed E-state index contributed by atoms with van der Waals surface area (Å²) in [4.78, 5) is 16.9. The zero-order valence-corrected chi connectivity index (χ0v) is 16.1. The molecule has 5 heteroatoms. The van der Waals surface area contributed by atoms with Crippen LogP contribution in [0.25, 0.3) is 0 Å². The van der Waals surface area contributed by atoms with E-state index in [0.29, 0.717) is 5.92 Å². The Hall–Kier alpha value is -1.75. The Morgan fingerprint density at radius 3 is 2.77 bits per heavy atom. The molecule has 2 fully saturated rings. The summed E-state index contributed by atoms with van der Waals surface area (Å²) >= 11 is 0. The monoisotopic (exact) mass is 358 g/mol. The third-order valence-corrected chi connectivity index (χ3v) is 5.64. The van der Waals surface area contributed by atoms with E-state index in [1.165, 1.54) is 31.6 Å². The molecule has 0 spiro atoms. The summed E-state index contributed by atoms with van der Waals surface area (Å²) in [6.45, 7) is 9.49. The van der Waals surface area contributed by atoms with Crippen molar-refractivity contribution in [3.8, 4) is 0 Å². The summed E-state index contributed by atoms with van der Waals surface area (Å²) in [6, 6.07) is 10.5. The van der Waals surface area contributed by atoms with Crippen LogP contribution >= 0.6 is 0 Å². The van der Waals surface area contributed by atoms with Gasteiger partial charge in [-0.2, -0.15) is 0 Å². The molecule has 26 heavy (non-hydrogen) atoms. The number of piperidine rings is 1. The van der Waals surface area contributed by atoms with E-state index in [0.717, 1.165) is 51.5 Å². The molecule has 2 saturated heterocycles. The van der Waals surface area contributed by atoms with Crippen molar-refractivity contribution in [1.82, 2.24) is 15.5 Å². The number of urea groups is 1. The van der Waals surface area contributed by atoms with E-state index in [2.05, 4.69) is 57.7 Å². The number of hydrogen-bond donors (Lipinski definition) is 2. The summed E-state index contributed by atoms with van der Waals surface area (Å²) in [6.07, 6.45) is 4.85. The lowest BCUT2D eigenvalue weighted by Crippen LogP contribution is -2.40. The van der Waals surface area contributed by atoms with Gasteiger partial charge in [0.2, 0.25) is 0 Å². The quantitative estimate of drug-likeness (QED) is 0.737. The normalized spacial score (nSPS) is 23.8. The van der Waals surface area contributed by atoms with Crippen LogP contribution < -0.4 is 15.5 Å². The van der Waals surface area contributed by atoms with Crippen molar-refractivity contribution in [1.29, 1.82) is 0 Å². The Balaban J connectivity index is 1.25. The third-order valence-electron chi connectivity index (χ3n) is 5.64. The van der Waals surface area contributed by atoms with Gasteiger partial charge in [0.15, 0.2) is 0 Å². The molecule has 0 aliphatic carbocycles. The second-order valence-electron chi connectivity index (χ2n) is 7.97. The number of rotatable bonds is 7. The van der Waals surface area contributed by atoms with E-state index in [1.54, 1.807) is 0 Å². The highest BCUT2D eigenvalue weighted by molar-refractivity contribution is 5.73. The van der Waals surface area contributed by atoms with Gasteiger partial charge in [0.1, 0.15) is 0 Å². The van der Waals surface area contributed by atoms with Crippen molar-refractivity contribution in [2.24, 2.45) is 11.8 Å². The van der Waals surface area contributed by atoms with Gasteiger partial charge in [-0.05, 0) is 62.7 Å². The fourth-order valence-corrected chi connectivity index (χ4v) is 4.17. The molecular formula is C21H34N4O. The van der Waals surface area contributed by atoms with Gasteiger partial charge >= 0.3 is 6.03 Å². The number of anilines is 1. The molecule has 2 amide bonds. The molecule has 0 aromatic heterocycles. The number of benzene rings is 1. The van der Waals surface area contributed by atoms with Crippen molar-refractivity contribution < 1.29 is 4.79 Å². The Bertz CT molecular complexity index is 550.